The molecule has 1 N–H and O–H groups in total. The van der Waals surface area contributed by atoms with Crippen LogP contribution in [0.15, 0.2) is 42.6 Å². The topological polar surface area (TPSA) is 85.4 Å². The third-order valence-electron chi connectivity index (χ3n) is 3.43. The molecule has 0 saturated heterocycles. The van der Waals surface area contributed by atoms with Gasteiger partial charge in [-0.1, -0.05) is 0 Å². The number of rotatable bonds is 4. The van der Waals surface area contributed by atoms with Crippen LogP contribution in [0.2, 0.25) is 0 Å². The third kappa shape index (κ3) is 4.17. The summed E-state index contributed by atoms with van der Waals surface area (Å²) in [4.78, 5) is 15.7. The highest BCUT2D eigenvalue weighted by atomic mass is 32.2. The van der Waals surface area contributed by atoms with Crippen LogP contribution in [0.5, 0.6) is 11.5 Å². The third-order valence-corrected chi connectivity index (χ3v) is 3.99. The minimum Gasteiger partial charge on any atom is -0.453 e. The number of pyridine rings is 1. The molecule has 3 aromatic rings. The van der Waals surface area contributed by atoms with Gasteiger partial charge < -0.3 is 4.74 Å². The van der Waals surface area contributed by atoms with E-state index >= 15 is 0 Å². The van der Waals surface area contributed by atoms with Crippen LogP contribution in [0.1, 0.15) is 10.4 Å². The number of carbonyl (C=O) groups excluding carboxylic acids is 1. The van der Waals surface area contributed by atoms with E-state index in [1.54, 1.807) is 4.72 Å². The van der Waals surface area contributed by atoms with E-state index < -0.39 is 44.7 Å². The van der Waals surface area contributed by atoms with Gasteiger partial charge in [-0.05, 0) is 24.3 Å². The Kier molecular flexibility index (Phi) is 4.75. The van der Waals surface area contributed by atoms with Gasteiger partial charge in [0.2, 0.25) is 10.0 Å². The number of sulfonamides is 1. The average molecular weight is 396 g/mol. The predicted octanol–water partition coefficient (Wildman–Crippen LogP) is 3.13. The van der Waals surface area contributed by atoms with Crippen molar-refractivity contribution >= 4 is 26.8 Å². The van der Waals surface area contributed by atoms with E-state index in [9.17, 15) is 26.4 Å². The summed E-state index contributed by atoms with van der Waals surface area (Å²) < 4.78 is 70.7. The molecule has 0 unspecified atom stereocenters. The van der Waals surface area contributed by atoms with Crippen molar-refractivity contribution in [2.24, 2.45) is 0 Å². The van der Waals surface area contributed by atoms with E-state index in [2.05, 4.69) is 4.98 Å². The number of aromatic nitrogens is 1. The minimum atomic E-state index is -3.95. The summed E-state index contributed by atoms with van der Waals surface area (Å²) in [7, 11) is -3.95. The lowest BCUT2D eigenvalue weighted by molar-refractivity contribution is 0.0977. The Morgan fingerprint density at radius 1 is 1.04 bits per heavy atom. The lowest BCUT2D eigenvalue weighted by Gasteiger charge is -2.11. The maximum absolute atomic E-state index is 14.3. The molecule has 1 heterocycles. The molecular formula is C17H11F3N2O4S. The maximum atomic E-state index is 14.3. The van der Waals surface area contributed by atoms with Crippen LogP contribution in [0.4, 0.5) is 13.2 Å². The number of hydrogen-bond acceptors (Lipinski definition) is 5. The number of fused-ring (bicyclic) bond motifs is 1. The quantitative estimate of drug-likeness (QED) is 0.732. The summed E-state index contributed by atoms with van der Waals surface area (Å²) in [6, 6.07) is 6.19. The number of amides is 1. The van der Waals surface area contributed by atoms with Crippen molar-refractivity contribution in [1.29, 1.82) is 0 Å². The predicted molar refractivity (Wildman–Crippen MR) is 90.4 cm³/mol. The van der Waals surface area contributed by atoms with E-state index in [-0.39, 0.29) is 11.3 Å². The summed E-state index contributed by atoms with van der Waals surface area (Å²) in [6.45, 7) is 0. The Labute approximate surface area is 151 Å². The highest BCUT2D eigenvalue weighted by Crippen LogP contribution is 2.31. The van der Waals surface area contributed by atoms with Crippen LogP contribution in [-0.4, -0.2) is 25.6 Å². The summed E-state index contributed by atoms with van der Waals surface area (Å²) in [5.74, 6) is -4.57. The molecule has 1 amide bonds. The van der Waals surface area contributed by atoms with Gasteiger partial charge in [-0.25, -0.2) is 26.3 Å². The molecule has 0 fully saturated rings. The molecule has 0 spiro atoms. The molecule has 0 atom stereocenters. The number of carbonyl (C=O) groups is 1. The Morgan fingerprint density at radius 2 is 1.78 bits per heavy atom. The molecule has 6 nitrogen and oxygen atoms in total. The number of halogens is 3. The van der Waals surface area contributed by atoms with E-state index in [4.69, 9.17) is 4.74 Å². The van der Waals surface area contributed by atoms with Crippen LogP contribution in [0, 0.1) is 17.5 Å². The first kappa shape index (κ1) is 18.6. The van der Waals surface area contributed by atoms with Gasteiger partial charge in [0.1, 0.15) is 17.4 Å². The zero-order valence-electron chi connectivity index (χ0n) is 13.7. The van der Waals surface area contributed by atoms with Crippen LogP contribution in [0.3, 0.4) is 0 Å². The largest absolute Gasteiger partial charge is 0.453 e. The second kappa shape index (κ2) is 6.88. The second-order valence-electron chi connectivity index (χ2n) is 5.54. The molecule has 0 aliphatic heterocycles. The summed E-state index contributed by atoms with van der Waals surface area (Å²) in [6.07, 6.45) is 2.01. The molecule has 0 aliphatic carbocycles. The van der Waals surface area contributed by atoms with Gasteiger partial charge in [-0.15, -0.1) is 0 Å². The van der Waals surface area contributed by atoms with E-state index in [1.807, 2.05) is 0 Å². The lowest BCUT2D eigenvalue weighted by atomic mass is 10.1. The number of nitrogens with zero attached hydrogens (tertiary/aromatic N) is 1. The standard InChI is InChI=1S/C17H11F3N2O4S/c1-27(24,25)22-17(23)11-7-13(20)16(8-12(11)19)26-15-4-5-21-14-6-9(18)2-3-10(14)15/h2-8H,1H3,(H,22,23). The van der Waals surface area contributed by atoms with Crippen LogP contribution in [0.25, 0.3) is 10.9 Å². The molecule has 2 aromatic carbocycles. The number of benzene rings is 2. The van der Waals surface area contributed by atoms with Crippen LogP contribution < -0.4 is 9.46 Å². The molecule has 0 aliphatic rings. The Balaban J connectivity index is 1.97. The van der Waals surface area contributed by atoms with Crippen molar-refractivity contribution in [2.75, 3.05) is 6.26 Å². The van der Waals surface area contributed by atoms with Crippen molar-refractivity contribution in [3.8, 4) is 11.5 Å². The molecule has 140 valence electrons. The number of ether oxygens (including phenoxy) is 1. The lowest BCUT2D eigenvalue weighted by Crippen LogP contribution is -2.30. The van der Waals surface area contributed by atoms with E-state index in [0.717, 1.165) is 12.1 Å². The van der Waals surface area contributed by atoms with E-state index in [1.165, 1.54) is 18.3 Å². The Hall–Kier alpha value is -3.14. The number of hydrogen-bond donors (Lipinski definition) is 1. The van der Waals surface area contributed by atoms with Crippen LogP contribution in [-0.2, 0) is 10.0 Å². The normalized spacial score (nSPS) is 11.4. The summed E-state index contributed by atoms with van der Waals surface area (Å²) in [5.41, 5.74) is -0.551. The molecule has 1 aromatic heterocycles. The molecule has 0 bridgehead atoms. The van der Waals surface area contributed by atoms with Gasteiger partial charge >= 0.3 is 0 Å². The Morgan fingerprint density at radius 3 is 2.48 bits per heavy atom. The zero-order chi connectivity index (χ0) is 19.8. The van der Waals surface area contributed by atoms with Gasteiger partial charge in [-0.3, -0.25) is 9.78 Å². The highest BCUT2D eigenvalue weighted by molar-refractivity contribution is 7.89. The van der Waals surface area contributed by atoms with Crippen molar-refractivity contribution < 1.29 is 31.1 Å². The maximum Gasteiger partial charge on any atom is 0.267 e. The molecule has 3 rings (SSSR count). The Bertz CT molecular complexity index is 1170. The smallest absolute Gasteiger partial charge is 0.267 e. The van der Waals surface area contributed by atoms with Gasteiger partial charge in [0.05, 0.1) is 17.3 Å². The second-order valence-corrected chi connectivity index (χ2v) is 7.29. The number of nitrogens with one attached hydrogen (secondary N) is 1. The van der Waals surface area contributed by atoms with Gasteiger partial charge in [0, 0.05) is 23.7 Å². The van der Waals surface area contributed by atoms with Crippen molar-refractivity contribution in [1.82, 2.24) is 9.71 Å². The van der Waals surface area contributed by atoms with Crippen molar-refractivity contribution in [2.45, 2.75) is 0 Å². The summed E-state index contributed by atoms with van der Waals surface area (Å²) >= 11 is 0. The molecule has 10 heteroatoms. The first-order valence-corrected chi connectivity index (χ1v) is 9.26. The first-order chi connectivity index (χ1) is 12.6. The molecule has 27 heavy (non-hydrogen) atoms. The molecule has 0 saturated carbocycles. The van der Waals surface area contributed by atoms with Gasteiger partial charge in [0.25, 0.3) is 5.91 Å². The fourth-order valence-corrected chi connectivity index (χ4v) is 2.75. The zero-order valence-corrected chi connectivity index (χ0v) is 14.5. The monoisotopic (exact) mass is 396 g/mol. The SMILES string of the molecule is CS(=O)(=O)NC(=O)c1cc(F)c(Oc2ccnc3cc(F)ccc23)cc1F. The van der Waals surface area contributed by atoms with Gasteiger partial charge in [0.15, 0.2) is 11.6 Å². The molecule has 0 radical (unpaired) electrons. The highest BCUT2D eigenvalue weighted by Gasteiger charge is 2.20. The first-order valence-electron chi connectivity index (χ1n) is 7.37. The fourth-order valence-electron chi connectivity index (χ4n) is 2.31. The average Bonchev–Trinajstić information content (AvgIpc) is 2.56. The van der Waals surface area contributed by atoms with Crippen molar-refractivity contribution in [3.05, 3.63) is 65.6 Å². The van der Waals surface area contributed by atoms with Gasteiger partial charge in [-0.2, -0.15) is 0 Å². The fraction of sp³-hybridized carbons (Fsp3) is 0.0588. The molecular weight excluding hydrogens is 385 g/mol. The van der Waals surface area contributed by atoms with E-state index in [0.29, 0.717) is 23.8 Å². The summed E-state index contributed by atoms with van der Waals surface area (Å²) in [5, 5.41) is 0.359. The van der Waals surface area contributed by atoms with Crippen LogP contribution >= 0.6 is 0 Å². The van der Waals surface area contributed by atoms with Crippen molar-refractivity contribution in [3.63, 3.8) is 0 Å². The minimum absolute atomic E-state index is 0.0895.